The number of unbranched alkanes of at least 4 members (excludes halogenated alkanes) is 3. The van der Waals surface area contributed by atoms with Crippen LogP contribution in [0.15, 0.2) is 53.0 Å². The van der Waals surface area contributed by atoms with E-state index in [4.69, 9.17) is 9.47 Å². The van der Waals surface area contributed by atoms with Gasteiger partial charge >= 0.3 is 5.97 Å². The van der Waals surface area contributed by atoms with Crippen LogP contribution in [0, 0.1) is 0 Å². The molecule has 0 fully saturated rings. The second-order valence-corrected chi connectivity index (χ2v) is 6.89. The largest absolute Gasteiger partial charge is 0.496 e. The van der Waals surface area contributed by atoms with Crippen molar-refractivity contribution in [3.8, 4) is 5.75 Å². The summed E-state index contributed by atoms with van der Waals surface area (Å²) >= 11 is 3.57. The highest BCUT2D eigenvalue weighted by atomic mass is 79.9. The molecule has 138 valence electrons. The highest BCUT2D eigenvalue weighted by Crippen LogP contribution is 2.32. The van der Waals surface area contributed by atoms with Gasteiger partial charge in [-0.15, -0.1) is 0 Å². The summed E-state index contributed by atoms with van der Waals surface area (Å²) in [6.07, 6.45) is 6.88. The van der Waals surface area contributed by atoms with Gasteiger partial charge in [0.05, 0.1) is 24.3 Å². The molecule has 0 N–H and O–H groups in total. The van der Waals surface area contributed by atoms with E-state index in [9.17, 15) is 4.79 Å². The molecule has 0 aliphatic carbocycles. The Morgan fingerprint density at radius 1 is 1.00 bits per heavy atom. The molecule has 0 heterocycles. The van der Waals surface area contributed by atoms with Crippen molar-refractivity contribution in [2.75, 3.05) is 14.2 Å². The van der Waals surface area contributed by atoms with Crippen LogP contribution in [0.2, 0.25) is 0 Å². The number of esters is 1. The van der Waals surface area contributed by atoms with Crippen molar-refractivity contribution in [3.05, 3.63) is 69.7 Å². The minimum atomic E-state index is -0.322. The van der Waals surface area contributed by atoms with E-state index in [0.717, 1.165) is 39.8 Å². The third-order valence-corrected chi connectivity index (χ3v) is 4.86. The van der Waals surface area contributed by atoms with E-state index in [1.54, 1.807) is 19.2 Å². The quantitative estimate of drug-likeness (QED) is 0.376. The molecule has 0 radical (unpaired) electrons. The van der Waals surface area contributed by atoms with Gasteiger partial charge in [0, 0.05) is 0 Å². The van der Waals surface area contributed by atoms with Crippen molar-refractivity contribution in [1.82, 2.24) is 0 Å². The summed E-state index contributed by atoms with van der Waals surface area (Å²) in [5.74, 6) is 0.484. The monoisotopic (exact) mass is 416 g/mol. The zero-order valence-electron chi connectivity index (χ0n) is 15.5. The molecule has 26 heavy (non-hydrogen) atoms. The Morgan fingerprint density at radius 3 is 2.23 bits per heavy atom. The van der Waals surface area contributed by atoms with E-state index in [0.29, 0.717) is 5.56 Å². The van der Waals surface area contributed by atoms with Crippen LogP contribution in [0.1, 0.15) is 54.1 Å². The van der Waals surface area contributed by atoms with Crippen LogP contribution in [0.4, 0.5) is 0 Å². The van der Waals surface area contributed by atoms with Gasteiger partial charge in [-0.3, -0.25) is 0 Å². The summed E-state index contributed by atoms with van der Waals surface area (Å²) in [5.41, 5.74) is 3.89. The van der Waals surface area contributed by atoms with E-state index < -0.39 is 0 Å². The molecule has 3 nitrogen and oxygen atoms in total. The molecular weight excluding hydrogens is 392 g/mol. The maximum atomic E-state index is 11.7. The third-order valence-electron chi connectivity index (χ3n) is 4.24. The summed E-state index contributed by atoms with van der Waals surface area (Å²) in [6.45, 7) is 2.21. The smallest absolute Gasteiger partial charge is 0.337 e. The molecule has 0 atom stereocenters. The molecule has 0 aliphatic heterocycles. The molecule has 4 heteroatoms. The van der Waals surface area contributed by atoms with Crippen LogP contribution in [0.25, 0.3) is 5.57 Å². The van der Waals surface area contributed by atoms with Crippen LogP contribution < -0.4 is 4.74 Å². The molecule has 0 bridgehead atoms. The van der Waals surface area contributed by atoms with Crippen LogP contribution in [0.5, 0.6) is 5.75 Å². The first kappa shape index (κ1) is 20.2. The van der Waals surface area contributed by atoms with Gasteiger partial charge in [-0.2, -0.15) is 0 Å². The second-order valence-electron chi connectivity index (χ2n) is 6.03. The average Bonchev–Trinajstić information content (AvgIpc) is 2.67. The molecule has 0 spiro atoms. The number of methoxy groups -OCH3 is 2. The van der Waals surface area contributed by atoms with Crippen molar-refractivity contribution in [2.24, 2.45) is 0 Å². The molecule has 0 unspecified atom stereocenters. The first-order valence-corrected chi connectivity index (χ1v) is 9.62. The lowest BCUT2D eigenvalue weighted by molar-refractivity contribution is 0.0600. The summed E-state index contributed by atoms with van der Waals surface area (Å²) in [6, 6.07) is 13.6. The summed E-state index contributed by atoms with van der Waals surface area (Å²) in [4.78, 5) is 11.7. The van der Waals surface area contributed by atoms with Crippen LogP contribution >= 0.6 is 15.9 Å². The van der Waals surface area contributed by atoms with Gasteiger partial charge in [0.15, 0.2) is 0 Å². The number of ether oxygens (including phenoxy) is 2. The van der Waals surface area contributed by atoms with Crippen molar-refractivity contribution in [3.63, 3.8) is 0 Å². The van der Waals surface area contributed by atoms with Crippen molar-refractivity contribution in [1.29, 1.82) is 0 Å². The van der Waals surface area contributed by atoms with E-state index in [1.807, 2.05) is 18.2 Å². The number of allylic oxidation sites excluding steroid dienone is 1. The lowest BCUT2D eigenvalue weighted by Gasteiger charge is -2.12. The molecule has 0 amide bonds. The van der Waals surface area contributed by atoms with Gasteiger partial charge in [-0.1, -0.05) is 44.0 Å². The van der Waals surface area contributed by atoms with Crippen LogP contribution in [0.3, 0.4) is 0 Å². The maximum Gasteiger partial charge on any atom is 0.337 e. The topological polar surface area (TPSA) is 35.5 Å². The zero-order chi connectivity index (χ0) is 18.9. The first-order chi connectivity index (χ1) is 12.6. The van der Waals surface area contributed by atoms with Crippen LogP contribution in [-0.4, -0.2) is 20.2 Å². The molecule has 0 aliphatic rings. The third kappa shape index (κ3) is 5.21. The van der Waals surface area contributed by atoms with E-state index in [2.05, 4.69) is 41.1 Å². The number of halogens is 1. The number of carbonyl (C=O) groups is 1. The fourth-order valence-corrected chi connectivity index (χ4v) is 3.32. The Balaban J connectivity index is 2.37. The zero-order valence-corrected chi connectivity index (χ0v) is 17.1. The van der Waals surface area contributed by atoms with E-state index in [-0.39, 0.29) is 5.97 Å². The van der Waals surface area contributed by atoms with Crippen molar-refractivity contribution < 1.29 is 14.3 Å². The fourth-order valence-electron chi connectivity index (χ4n) is 2.78. The number of carbonyl (C=O) groups excluding carboxylic acids is 1. The predicted octanol–water partition coefficient (Wildman–Crippen LogP) is 6.26. The SMILES string of the molecule is CCCCCC=C(c1ccc(C(=O)OC)cc1)c1ccc(OC)c(Br)c1. The Kier molecular flexibility index (Phi) is 7.92. The normalized spacial score (nSPS) is 11.3. The number of rotatable bonds is 8. The minimum absolute atomic E-state index is 0.322. The minimum Gasteiger partial charge on any atom is -0.496 e. The van der Waals surface area contributed by atoms with Gasteiger partial charge in [0.2, 0.25) is 0 Å². The average molecular weight is 417 g/mol. The highest BCUT2D eigenvalue weighted by molar-refractivity contribution is 9.10. The van der Waals surface area contributed by atoms with Gasteiger partial charge in [-0.05, 0) is 69.7 Å². The molecule has 2 aromatic carbocycles. The summed E-state index contributed by atoms with van der Waals surface area (Å²) in [5, 5.41) is 0. The van der Waals surface area contributed by atoms with Crippen molar-refractivity contribution in [2.45, 2.75) is 32.6 Å². The highest BCUT2D eigenvalue weighted by Gasteiger charge is 2.10. The molecule has 2 rings (SSSR count). The summed E-state index contributed by atoms with van der Waals surface area (Å²) < 4.78 is 11.0. The molecular formula is C22H25BrO3. The fraction of sp³-hybridized carbons (Fsp3) is 0.318. The first-order valence-electron chi connectivity index (χ1n) is 8.83. The maximum absolute atomic E-state index is 11.7. The number of hydrogen-bond acceptors (Lipinski definition) is 3. The predicted molar refractivity (Wildman–Crippen MR) is 110 cm³/mol. The van der Waals surface area contributed by atoms with Gasteiger partial charge in [0.25, 0.3) is 0 Å². The van der Waals surface area contributed by atoms with Gasteiger partial charge in [-0.25, -0.2) is 4.79 Å². The Morgan fingerprint density at radius 2 is 1.65 bits per heavy atom. The van der Waals surface area contributed by atoms with Crippen LogP contribution in [-0.2, 0) is 4.74 Å². The number of hydrogen-bond donors (Lipinski definition) is 0. The Bertz CT molecular complexity index is 763. The molecule has 0 saturated carbocycles. The van der Waals surface area contributed by atoms with Gasteiger partial charge < -0.3 is 9.47 Å². The summed E-state index contributed by atoms with van der Waals surface area (Å²) in [7, 11) is 3.05. The van der Waals surface area contributed by atoms with E-state index in [1.165, 1.54) is 20.0 Å². The molecule has 0 saturated heterocycles. The van der Waals surface area contributed by atoms with Crippen molar-refractivity contribution >= 4 is 27.5 Å². The lowest BCUT2D eigenvalue weighted by atomic mass is 9.95. The van der Waals surface area contributed by atoms with E-state index >= 15 is 0 Å². The standard InChI is InChI=1S/C22H25BrO3/c1-4-5-6-7-8-19(18-13-14-21(25-2)20(23)15-18)16-9-11-17(12-10-16)22(24)26-3/h8-15H,4-7H2,1-3H3. The lowest BCUT2D eigenvalue weighted by Crippen LogP contribution is -2.01. The number of benzene rings is 2. The molecule has 0 aromatic heterocycles. The second kappa shape index (κ2) is 10.2. The Labute approximate surface area is 164 Å². The van der Waals surface area contributed by atoms with Gasteiger partial charge in [0.1, 0.15) is 5.75 Å². The Hall–Kier alpha value is -2.07. The molecule has 2 aromatic rings.